The summed E-state index contributed by atoms with van der Waals surface area (Å²) in [6, 6.07) is 10.6. The summed E-state index contributed by atoms with van der Waals surface area (Å²) in [6.45, 7) is 0.226. The highest BCUT2D eigenvalue weighted by molar-refractivity contribution is 5.25. The average molecular weight is 249 g/mol. The Morgan fingerprint density at radius 3 is 2.67 bits per heavy atom. The SMILES string of the molecule is COc1cc(OCc2ccccc2)c(F)c[n+]1[O-]. The molecule has 5 heteroatoms. The molecule has 94 valence electrons. The number of rotatable bonds is 4. The Hall–Kier alpha value is -2.30. The molecule has 18 heavy (non-hydrogen) atoms. The van der Waals surface area contributed by atoms with Crippen molar-refractivity contribution < 1.29 is 18.6 Å². The average Bonchev–Trinajstić information content (AvgIpc) is 2.39. The quantitative estimate of drug-likeness (QED) is 0.615. The highest BCUT2D eigenvalue weighted by Gasteiger charge is 2.14. The van der Waals surface area contributed by atoms with E-state index < -0.39 is 5.82 Å². The number of benzene rings is 1. The Kier molecular flexibility index (Phi) is 3.62. The Labute approximate surface area is 104 Å². The Morgan fingerprint density at radius 2 is 2.00 bits per heavy atom. The minimum absolute atomic E-state index is 0.0113. The smallest absolute Gasteiger partial charge is 0.383 e. The van der Waals surface area contributed by atoms with Crippen molar-refractivity contribution in [2.45, 2.75) is 6.61 Å². The predicted molar refractivity (Wildman–Crippen MR) is 62.7 cm³/mol. The zero-order valence-corrected chi connectivity index (χ0v) is 9.80. The summed E-state index contributed by atoms with van der Waals surface area (Å²) in [5.41, 5.74) is 0.912. The van der Waals surface area contributed by atoms with E-state index in [-0.39, 0.29) is 18.2 Å². The lowest BCUT2D eigenvalue weighted by Crippen LogP contribution is -2.28. The van der Waals surface area contributed by atoms with Crippen molar-refractivity contribution in [3.8, 4) is 11.6 Å². The van der Waals surface area contributed by atoms with Crippen molar-refractivity contribution in [2.24, 2.45) is 0 Å². The van der Waals surface area contributed by atoms with Gasteiger partial charge in [-0.15, -0.1) is 4.73 Å². The summed E-state index contributed by atoms with van der Waals surface area (Å²) >= 11 is 0. The van der Waals surface area contributed by atoms with Crippen molar-refractivity contribution in [2.75, 3.05) is 7.11 Å². The van der Waals surface area contributed by atoms with Gasteiger partial charge in [0.1, 0.15) is 6.61 Å². The lowest BCUT2D eigenvalue weighted by atomic mass is 10.2. The van der Waals surface area contributed by atoms with E-state index in [1.807, 2.05) is 30.3 Å². The van der Waals surface area contributed by atoms with Gasteiger partial charge in [0.05, 0.1) is 13.2 Å². The largest absolute Gasteiger partial charge is 0.616 e. The van der Waals surface area contributed by atoms with E-state index in [0.717, 1.165) is 11.8 Å². The van der Waals surface area contributed by atoms with Gasteiger partial charge in [0, 0.05) is 0 Å². The van der Waals surface area contributed by atoms with Crippen LogP contribution in [0.4, 0.5) is 4.39 Å². The third-order valence-corrected chi connectivity index (χ3v) is 2.38. The first-order valence-corrected chi connectivity index (χ1v) is 5.34. The fourth-order valence-electron chi connectivity index (χ4n) is 1.47. The van der Waals surface area contributed by atoms with Crippen LogP contribution in [-0.2, 0) is 6.61 Å². The molecule has 0 spiro atoms. The second kappa shape index (κ2) is 5.35. The van der Waals surface area contributed by atoms with Crippen molar-refractivity contribution in [3.63, 3.8) is 0 Å². The molecule has 0 fully saturated rings. The number of hydrogen-bond acceptors (Lipinski definition) is 3. The topological polar surface area (TPSA) is 45.4 Å². The Bertz CT molecular complexity index is 531. The number of halogens is 1. The molecular formula is C13H12FNO3. The summed E-state index contributed by atoms with van der Waals surface area (Å²) < 4.78 is 23.9. The summed E-state index contributed by atoms with van der Waals surface area (Å²) in [4.78, 5) is 0. The molecule has 2 aromatic rings. The summed E-state index contributed by atoms with van der Waals surface area (Å²) in [6.07, 6.45) is 0.777. The summed E-state index contributed by atoms with van der Waals surface area (Å²) in [5, 5.41) is 11.2. The van der Waals surface area contributed by atoms with E-state index >= 15 is 0 Å². The second-order valence-electron chi connectivity index (χ2n) is 3.63. The van der Waals surface area contributed by atoms with Gasteiger partial charge in [0.2, 0.25) is 12.0 Å². The molecule has 0 saturated carbocycles. The first-order valence-electron chi connectivity index (χ1n) is 5.34. The van der Waals surface area contributed by atoms with Crippen LogP contribution < -0.4 is 14.2 Å². The van der Waals surface area contributed by atoms with Gasteiger partial charge in [0.25, 0.3) is 0 Å². The molecule has 0 aliphatic rings. The molecule has 0 amide bonds. The lowest BCUT2D eigenvalue weighted by Gasteiger charge is -2.08. The molecule has 1 aromatic heterocycles. The van der Waals surface area contributed by atoms with E-state index in [1.165, 1.54) is 13.2 Å². The maximum atomic E-state index is 13.5. The molecule has 0 aliphatic heterocycles. The van der Waals surface area contributed by atoms with Crippen LogP contribution in [0.2, 0.25) is 0 Å². The van der Waals surface area contributed by atoms with E-state index in [2.05, 4.69) is 0 Å². The molecule has 0 radical (unpaired) electrons. The molecule has 0 unspecified atom stereocenters. The Morgan fingerprint density at radius 1 is 1.28 bits per heavy atom. The van der Waals surface area contributed by atoms with Crippen LogP contribution in [0, 0.1) is 11.0 Å². The van der Waals surface area contributed by atoms with E-state index in [9.17, 15) is 9.60 Å². The van der Waals surface area contributed by atoms with E-state index in [0.29, 0.717) is 4.73 Å². The van der Waals surface area contributed by atoms with Gasteiger partial charge in [-0.3, -0.25) is 0 Å². The summed E-state index contributed by atoms with van der Waals surface area (Å²) in [5.74, 6) is -0.746. The molecule has 0 saturated heterocycles. The number of hydrogen-bond donors (Lipinski definition) is 0. The van der Waals surface area contributed by atoms with Crippen LogP contribution in [0.1, 0.15) is 5.56 Å². The fraction of sp³-hybridized carbons (Fsp3) is 0.154. The second-order valence-corrected chi connectivity index (χ2v) is 3.63. The van der Waals surface area contributed by atoms with Gasteiger partial charge >= 0.3 is 5.88 Å². The number of ether oxygens (including phenoxy) is 2. The van der Waals surface area contributed by atoms with Crippen molar-refractivity contribution in [1.29, 1.82) is 0 Å². The molecule has 0 aliphatic carbocycles. The van der Waals surface area contributed by atoms with Gasteiger partial charge in [-0.05, 0) is 5.56 Å². The predicted octanol–water partition coefficient (Wildman–Crippen LogP) is 2.05. The number of methoxy groups -OCH3 is 1. The zero-order chi connectivity index (χ0) is 13.0. The molecule has 1 heterocycles. The molecule has 0 N–H and O–H groups in total. The highest BCUT2D eigenvalue weighted by atomic mass is 19.1. The van der Waals surface area contributed by atoms with Crippen LogP contribution in [0.3, 0.4) is 0 Å². The normalized spacial score (nSPS) is 10.1. The highest BCUT2D eigenvalue weighted by Crippen LogP contribution is 2.20. The van der Waals surface area contributed by atoms with Crippen LogP contribution in [0.25, 0.3) is 0 Å². The van der Waals surface area contributed by atoms with E-state index in [4.69, 9.17) is 9.47 Å². The molecule has 0 atom stereocenters. The van der Waals surface area contributed by atoms with Crippen molar-refractivity contribution in [3.05, 3.63) is 59.2 Å². The molecule has 4 nitrogen and oxygen atoms in total. The minimum Gasteiger partial charge on any atom is -0.616 e. The molecule has 1 aromatic carbocycles. The van der Waals surface area contributed by atoms with E-state index in [1.54, 1.807) is 0 Å². The van der Waals surface area contributed by atoms with Crippen LogP contribution in [0.15, 0.2) is 42.6 Å². The van der Waals surface area contributed by atoms with Crippen LogP contribution >= 0.6 is 0 Å². The van der Waals surface area contributed by atoms with Gasteiger partial charge in [0.15, 0.2) is 5.75 Å². The molecule has 2 rings (SSSR count). The molecule has 0 bridgehead atoms. The maximum Gasteiger partial charge on any atom is 0.383 e. The number of pyridine rings is 1. The van der Waals surface area contributed by atoms with Gasteiger partial charge in [-0.1, -0.05) is 30.3 Å². The van der Waals surface area contributed by atoms with Gasteiger partial charge < -0.3 is 14.7 Å². The maximum absolute atomic E-state index is 13.5. The zero-order valence-electron chi connectivity index (χ0n) is 9.80. The standard InChI is InChI=1S/C13H12FNO3/c1-17-13-7-12(11(14)8-15(13)16)18-9-10-5-3-2-4-6-10/h2-8H,9H2,1H3. The third kappa shape index (κ3) is 2.68. The first-order chi connectivity index (χ1) is 8.70. The Balaban J connectivity index is 2.14. The van der Waals surface area contributed by atoms with Crippen LogP contribution in [0.5, 0.6) is 11.6 Å². The number of aromatic nitrogens is 1. The monoisotopic (exact) mass is 249 g/mol. The third-order valence-electron chi connectivity index (χ3n) is 2.38. The van der Waals surface area contributed by atoms with Gasteiger partial charge in [-0.25, -0.2) is 0 Å². The van der Waals surface area contributed by atoms with Crippen molar-refractivity contribution in [1.82, 2.24) is 0 Å². The minimum atomic E-state index is -0.721. The molecular weight excluding hydrogens is 237 g/mol. The van der Waals surface area contributed by atoms with Gasteiger partial charge in [-0.2, -0.15) is 4.39 Å². The summed E-state index contributed by atoms with van der Waals surface area (Å²) in [7, 11) is 1.34. The first kappa shape index (κ1) is 12.2. The number of nitrogens with zero attached hydrogens (tertiary/aromatic N) is 1. The fourth-order valence-corrected chi connectivity index (χ4v) is 1.47. The van der Waals surface area contributed by atoms with Crippen molar-refractivity contribution >= 4 is 0 Å². The van der Waals surface area contributed by atoms with Crippen LogP contribution in [-0.4, -0.2) is 7.11 Å². The lowest BCUT2D eigenvalue weighted by molar-refractivity contribution is -0.614.